The second kappa shape index (κ2) is 13.5. The third-order valence-electron chi connectivity index (χ3n) is 7.71. The van der Waals surface area contributed by atoms with Crippen LogP contribution < -0.4 is 21.7 Å². The number of nitrogens with two attached hydrogens (primary N) is 1. The standard InChI is InChI=1S/C29H38ClN5O6/c1-15(2)24(31)29(40)41-14-23(36)20(13-18-6-4-10-32-26(18)37)34-27(38)21(11-16-8-9-16)35-28(39)22-12-17-5-3-7-19(30)25(17)33-22/h3,5,7,12,15-16,18,20-21,24,33H,4,6,8-11,13-14,31H2,1-2H3,(H,32,37)(H,34,38)(H,35,39)/t18-,20?,21?,24?/m0/s1. The second-order valence-corrected chi connectivity index (χ2v) is 11.8. The fraction of sp³-hybridized carbons (Fsp3) is 0.552. The number of aromatic nitrogens is 1. The SMILES string of the molecule is CC(C)C(N)C(=O)OCC(=O)C(C[C@@H]1CCCNC1=O)NC(=O)C(CC1CC1)NC(=O)c1cc2cccc(Cl)c2[nH]1. The van der Waals surface area contributed by atoms with E-state index >= 15 is 0 Å². The van der Waals surface area contributed by atoms with Crippen molar-refractivity contribution in [2.75, 3.05) is 13.2 Å². The number of fused-ring (bicyclic) bond motifs is 1. The molecule has 1 aliphatic heterocycles. The van der Waals surface area contributed by atoms with Gasteiger partial charge >= 0.3 is 5.97 Å². The third-order valence-corrected chi connectivity index (χ3v) is 8.02. The highest BCUT2D eigenvalue weighted by Gasteiger charge is 2.35. The second-order valence-electron chi connectivity index (χ2n) is 11.4. The number of carbonyl (C=O) groups excluding carboxylic acids is 5. The summed E-state index contributed by atoms with van der Waals surface area (Å²) >= 11 is 6.24. The predicted octanol–water partition coefficient (Wildman–Crippen LogP) is 2.22. The topological polar surface area (TPSA) is 172 Å². The van der Waals surface area contributed by atoms with Gasteiger partial charge in [0.25, 0.3) is 5.91 Å². The van der Waals surface area contributed by atoms with E-state index in [1.807, 2.05) is 6.07 Å². The van der Waals surface area contributed by atoms with E-state index in [1.165, 1.54) is 0 Å². The van der Waals surface area contributed by atoms with Gasteiger partial charge in [-0.15, -0.1) is 0 Å². The van der Waals surface area contributed by atoms with E-state index in [0.29, 0.717) is 29.9 Å². The van der Waals surface area contributed by atoms with Gasteiger partial charge in [0, 0.05) is 17.8 Å². The van der Waals surface area contributed by atoms with Gasteiger partial charge in [-0.3, -0.25) is 24.0 Å². The van der Waals surface area contributed by atoms with E-state index in [1.54, 1.807) is 32.0 Å². The highest BCUT2D eigenvalue weighted by molar-refractivity contribution is 6.35. The minimum absolute atomic E-state index is 0.0504. The van der Waals surface area contributed by atoms with Crippen LogP contribution in [0.15, 0.2) is 24.3 Å². The molecule has 2 fully saturated rings. The highest BCUT2D eigenvalue weighted by Crippen LogP contribution is 2.34. The van der Waals surface area contributed by atoms with E-state index in [2.05, 4.69) is 20.9 Å². The van der Waals surface area contributed by atoms with Gasteiger partial charge in [0.2, 0.25) is 11.8 Å². The average Bonchev–Trinajstić information content (AvgIpc) is 3.65. The summed E-state index contributed by atoms with van der Waals surface area (Å²) in [6.45, 7) is 3.49. The van der Waals surface area contributed by atoms with Gasteiger partial charge in [0.05, 0.1) is 16.6 Å². The zero-order chi connectivity index (χ0) is 29.7. The van der Waals surface area contributed by atoms with Crippen molar-refractivity contribution < 1.29 is 28.7 Å². The summed E-state index contributed by atoms with van der Waals surface area (Å²) in [6.07, 6.45) is 3.65. The van der Waals surface area contributed by atoms with Crippen molar-refractivity contribution in [3.63, 3.8) is 0 Å². The van der Waals surface area contributed by atoms with Crippen molar-refractivity contribution in [2.45, 2.75) is 70.5 Å². The lowest BCUT2D eigenvalue weighted by Crippen LogP contribution is -2.54. The normalized spacial score (nSPS) is 19.2. The van der Waals surface area contributed by atoms with Crippen molar-refractivity contribution in [2.24, 2.45) is 23.5 Å². The van der Waals surface area contributed by atoms with Crippen LogP contribution in [0.3, 0.4) is 0 Å². The van der Waals surface area contributed by atoms with Crippen LogP contribution in [-0.2, 0) is 23.9 Å². The third kappa shape index (κ3) is 8.07. The summed E-state index contributed by atoms with van der Waals surface area (Å²) in [5.74, 6) is -2.88. The minimum atomic E-state index is -1.09. The number of para-hydroxylation sites is 1. The number of ketones is 1. The zero-order valence-corrected chi connectivity index (χ0v) is 24.1. The fourth-order valence-corrected chi connectivity index (χ4v) is 5.12. The molecule has 0 radical (unpaired) electrons. The van der Waals surface area contributed by atoms with Crippen LogP contribution in [0.25, 0.3) is 10.9 Å². The molecule has 3 amide bonds. The molecular formula is C29H38ClN5O6. The average molecular weight is 588 g/mol. The number of Topliss-reactive ketones (excluding diaryl/α,β-unsaturated/α-hetero) is 1. The molecule has 12 heteroatoms. The molecule has 11 nitrogen and oxygen atoms in total. The summed E-state index contributed by atoms with van der Waals surface area (Å²) in [7, 11) is 0. The van der Waals surface area contributed by atoms with E-state index in [0.717, 1.165) is 24.6 Å². The quantitative estimate of drug-likeness (QED) is 0.223. The Hall–Kier alpha value is -3.44. The molecule has 0 spiro atoms. The summed E-state index contributed by atoms with van der Waals surface area (Å²) in [4.78, 5) is 67.6. The number of H-pyrrole nitrogens is 1. The van der Waals surface area contributed by atoms with Crippen molar-refractivity contribution in [3.8, 4) is 0 Å². The molecule has 4 atom stereocenters. The molecule has 6 N–H and O–H groups in total. The number of nitrogens with one attached hydrogen (secondary N) is 4. The summed E-state index contributed by atoms with van der Waals surface area (Å²) < 4.78 is 5.15. The highest BCUT2D eigenvalue weighted by atomic mass is 35.5. The lowest BCUT2D eigenvalue weighted by atomic mass is 9.90. The van der Waals surface area contributed by atoms with Crippen LogP contribution in [0.2, 0.25) is 5.02 Å². The molecule has 1 aromatic carbocycles. The maximum absolute atomic E-state index is 13.5. The van der Waals surface area contributed by atoms with Crippen LogP contribution in [0, 0.1) is 17.8 Å². The summed E-state index contributed by atoms with van der Waals surface area (Å²) in [6, 6.07) is 4.07. The number of benzene rings is 1. The Kier molecular flexibility index (Phi) is 10.0. The first-order valence-electron chi connectivity index (χ1n) is 14.1. The summed E-state index contributed by atoms with van der Waals surface area (Å²) in [5.41, 5.74) is 6.70. The van der Waals surface area contributed by atoms with E-state index in [9.17, 15) is 24.0 Å². The van der Waals surface area contributed by atoms with Gasteiger partial charge in [-0.1, -0.05) is 50.4 Å². The first-order chi connectivity index (χ1) is 19.5. The molecule has 41 heavy (non-hydrogen) atoms. The number of carbonyl (C=O) groups is 5. The Balaban J connectivity index is 1.47. The molecule has 2 aromatic rings. The molecule has 3 unspecified atom stereocenters. The first kappa shape index (κ1) is 30.5. The van der Waals surface area contributed by atoms with Gasteiger partial charge in [-0.25, -0.2) is 0 Å². The molecular weight excluding hydrogens is 550 g/mol. The van der Waals surface area contributed by atoms with Crippen LogP contribution in [0.5, 0.6) is 0 Å². The molecule has 4 rings (SSSR count). The van der Waals surface area contributed by atoms with E-state index in [4.69, 9.17) is 22.1 Å². The smallest absolute Gasteiger partial charge is 0.323 e. The lowest BCUT2D eigenvalue weighted by molar-refractivity contribution is -0.151. The van der Waals surface area contributed by atoms with Gasteiger partial charge < -0.3 is 31.4 Å². The van der Waals surface area contributed by atoms with E-state index < -0.39 is 54.2 Å². The van der Waals surface area contributed by atoms with Crippen LogP contribution in [-0.4, -0.2) is 65.7 Å². The number of esters is 1. The zero-order valence-electron chi connectivity index (χ0n) is 23.3. The predicted molar refractivity (Wildman–Crippen MR) is 153 cm³/mol. The number of amides is 3. The first-order valence-corrected chi connectivity index (χ1v) is 14.5. The Bertz CT molecular complexity index is 1310. The van der Waals surface area contributed by atoms with Crippen LogP contribution in [0.1, 0.15) is 62.9 Å². The molecule has 0 bridgehead atoms. The molecule has 2 aliphatic rings. The number of ether oxygens (including phenoxy) is 1. The largest absolute Gasteiger partial charge is 0.456 e. The maximum Gasteiger partial charge on any atom is 0.323 e. The van der Waals surface area contributed by atoms with Crippen molar-refractivity contribution in [3.05, 3.63) is 35.0 Å². The minimum Gasteiger partial charge on any atom is -0.456 e. The Morgan fingerprint density at radius 2 is 1.85 bits per heavy atom. The molecule has 222 valence electrons. The summed E-state index contributed by atoms with van der Waals surface area (Å²) in [5, 5.41) is 9.57. The van der Waals surface area contributed by atoms with Gasteiger partial charge in [-0.2, -0.15) is 0 Å². The molecule has 1 saturated heterocycles. The van der Waals surface area contributed by atoms with Gasteiger partial charge in [-0.05, 0) is 49.7 Å². The Morgan fingerprint density at radius 1 is 1.10 bits per heavy atom. The van der Waals surface area contributed by atoms with Crippen molar-refractivity contribution in [1.82, 2.24) is 20.9 Å². The Morgan fingerprint density at radius 3 is 2.51 bits per heavy atom. The van der Waals surface area contributed by atoms with Crippen molar-refractivity contribution in [1.29, 1.82) is 0 Å². The Labute approximate surface area is 243 Å². The number of hydrogen-bond donors (Lipinski definition) is 5. The number of halogens is 1. The maximum atomic E-state index is 13.5. The van der Waals surface area contributed by atoms with E-state index in [-0.39, 0.29) is 29.9 Å². The fourth-order valence-electron chi connectivity index (χ4n) is 4.90. The van der Waals surface area contributed by atoms with Gasteiger partial charge in [0.1, 0.15) is 17.8 Å². The van der Waals surface area contributed by atoms with Crippen LogP contribution in [0.4, 0.5) is 0 Å². The number of hydrogen-bond acceptors (Lipinski definition) is 7. The molecule has 1 saturated carbocycles. The van der Waals surface area contributed by atoms with Gasteiger partial charge in [0.15, 0.2) is 12.4 Å². The van der Waals surface area contributed by atoms with Crippen LogP contribution >= 0.6 is 11.6 Å². The molecule has 1 aromatic heterocycles. The lowest BCUT2D eigenvalue weighted by Gasteiger charge is -2.28. The number of aromatic amines is 1. The molecule has 2 heterocycles. The number of piperidine rings is 1. The monoisotopic (exact) mass is 587 g/mol. The number of rotatable bonds is 13. The molecule has 1 aliphatic carbocycles. The van der Waals surface area contributed by atoms with Crippen molar-refractivity contribution >= 4 is 52.0 Å².